The van der Waals surface area contributed by atoms with Crippen molar-refractivity contribution in [2.75, 3.05) is 27.2 Å². The molecule has 0 aliphatic heterocycles. The molecule has 0 aromatic heterocycles. The highest BCUT2D eigenvalue weighted by atomic mass is 79.9. The Balaban J connectivity index is 1.43. The first-order chi connectivity index (χ1) is 12.5. The summed E-state index contributed by atoms with van der Waals surface area (Å²) in [4.78, 5) is 14.4. The van der Waals surface area contributed by atoms with E-state index in [0.717, 1.165) is 28.8 Å². The van der Waals surface area contributed by atoms with Gasteiger partial charge in [0.15, 0.2) is 0 Å². The lowest BCUT2D eigenvalue weighted by atomic mass is 10.1. The monoisotopic (exact) mass is 416 g/mol. The number of carbonyl (C=O) groups excluding carboxylic acids is 1. The molecule has 3 rings (SSSR count). The molecule has 2 aromatic rings. The Morgan fingerprint density at radius 3 is 2.50 bits per heavy atom. The third-order valence-corrected chi connectivity index (χ3v) is 5.15. The second-order valence-electron chi connectivity index (χ2n) is 7.01. The molecule has 138 valence electrons. The normalized spacial score (nSPS) is 18.6. The van der Waals surface area contributed by atoms with Crippen LogP contribution in [0.25, 0.3) is 0 Å². The summed E-state index contributed by atoms with van der Waals surface area (Å²) in [6.45, 7) is 2.11. The van der Waals surface area contributed by atoms with Crippen LogP contribution in [-0.4, -0.2) is 38.1 Å². The second-order valence-corrected chi connectivity index (χ2v) is 7.93. The van der Waals surface area contributed by atoms with Crippen LogP contribution in [-0.2, 0) is 11.3 Å². The van der Waals surface area contributed by atoms with Crippen LogP contribution in [0.2, 0.25) is 0 Å². The molecule has 0 saturated heterocycles. The minimum atomic E-state index is 0.102. The van der Waals surface area contributed by atoms with E-state index in [1.54, 1.807) is 0 Å². The molecule has 1 aliphatic carbocycles. The molecule has 0 heterocycles. The van der Waals surface area contributed by atoms with Crippen LogP contribution in [0.5, 0.6) is 5.75 Å². The fourth-order valence-corrected chi connectivity index (χ4v) is 3.20. The van der Waals surface area contributed by atoms with Crippen molar-refractivity contribution in [3.63, 3.8) is 0 Å². The summed E-state index contributed by atoms with van der Waals surface area (Å²) in [5.41, 5.74) is 2.33. The van der Waals surface area contributed by atoms with Gasteiger partial charge in [0, 0.05) is 23.5 Å². The minimum Gasteiger partial charge on any atom is -0.492 e. The largest absolute Gasteiger partial charge is 0.492 e. The average molecular weight is 417 g/mol. The van der Waals surface area contributed by atoms with Gasteiger partial charge in [-0.25, -0.2) is 0 Å². The summed E-state index contributed by atoms with van der Waals surface area (Å²) in [6, 6.07) is 16.2. The maximum Gasteiger partial charge on any atom is 0.224 e. The zero-order valence-electron chi connectivity index (χ0n) is 15.2. The number of ether oxygens (including phenoxy) is 1. The van der Waals surface area contributed by atoms with Gasteiger partial charge in [-0.1, -0.05) is 40.2 Å². The summed E-state index contributed by atoms with van der Waals surface area (Å²) in [5.74, 6) is 1.46. The lowest BCUT2D eigenvalue weighted by molar-refractivity contribution is -0.122. The number of benzene rings is 2. The van der Waals surface area contributed by atoms with E-state index in [2.05, 4.69) is 38.3 Å². The highest BCUT2D eigenvalue weighted by Crippen LogP contribution is 2.47. The van der Waals surface area contributed by atoms with Crippen LogP contribution in [0.4, 0.5) is 0 Å². The Morgan fingerprint density at radius 2 is 1.85 bits per heavy atom. The van der Waals surface area contributed by atoms with Crippen LogP contribution < -0.4 is 10.1 Å². The number of nitrogens with one attached hydrogen (secondary N) is 1. The summed E-state index contributed by atoms with van der Waals surface area (Å²) < 4.78 is 6.75. The van der Waals surface area contributed by atoms with Crippen molar-refractivity contribution in [1.29, 1.82) is 0 Å². The van der Waals surface area contributed by atoms with Crippen molar-refractivity contribution in [2.24, 2.45) is 5.92 Å². The van der Waals surface area contributed by atoms with E-state index in [0.29, 0.717) is 19.1 Å². The molecule has 2 atom stereocenters. The van der Waals surface area contributed by atoms with E-state index in [1.165, 1.54) is 5.56 Å². The topological polar surface area (TPSA) is 41.6 Å². The molecule has 0 spiro atoms. The SMILES string of the molecule is CN(C)CCOc1ccc(CNC(=O)C2CC2c2ccc(Br)cc2)cc1. The van der Waals surface area contributed by atoms with Gasteiger partial charge in [0.1, 0.15) is 12.4 Å². The number of hydrogen-bond acceptors (Lipinski definition) is 3. The van der Waals surface area contributed by atoms with Gasteiger partial charge >= 0.3 is 0 Å². The third kappa shape index (κ3) is 5.32. The van der Waals surface area contributed by atoms with Gasteiger partial charge in [0.05, 0.1) is 0 Å². The summed E-state index contributed by atoms with van der Waals surface area (Å²) in [6.07, 6.45) is 0.937. The quantitative estimate of drug-likeness (QED) is 0.711. The van der Waals surface area contributed by atoms with Crippen LogP contribution in [0.3, 0.4) is 0 Å². The Hall–Kier alpha value is -1.85. The molecule has 2 unspecified atom stereocenters. The lowest BCUT2D eigenvalue weighted by Gasteiger charge is -2.11. The highest BCUT2D eigenvalue weighted by molar-refractivity contribution is 9.10. The van der Waals surface area contributed by atoms with E-state index in [1.807, 2.05) is 50.5 Å². The number of halogens is 1. The van der Waals surface area contributed by atoms with Gasteiger partial charge in [-0.15, -0.1) is 0 Å². The average Bonchev–Trinajstić information content (AvgIpc) is 3.42. The molecule has 1 fully saturated rings. The van der Waals surface area contributed by atoms with Gasteiger partial charge < -0.3 is 15.0 Å². The smallest absolute Gasteiger partial charge is 0.224 e. The Bertz CT molecular complexity index is 729. The predicted octanol–water partition coefficient (Wildman–Crippen LogP) is 3.81. The predicted molar refractivity (Wildman–Crippen MR) is 107 cm³/mol. The summed E-state index contributed by atoms with van der Waals surface area (Å²) in [5, 5.41) is 3.05. The Morgan fingerprint density at radius 1 is 1.15 bits per heavy atom. The fraction of sp³-hybridized carbons (Fsp3) is 0.381. The molecule has 1 amide bonds. The zero-order valence-corrected chi connectivity index (χ0v) is 16.8. The number of amides is 1. The molecular weight excluding hydrogens is 392 g/mol. The van der Waals surface area contributed by atoms with Crippen molar-refractivity contribution >= 4 is 21.8 Å². The maximum absolute atomic E-state index is 12.4. The van der Waals surface area contributed by atoms with Crippen molar-refractivity contribution in [2.45, 2.75) is 18.9 Å². The number of carbonyl (C=O) groups is 1. The van der Waals surface area contributed by atoms with Gasteiger partial charge in [0.25, 0.3) is 0 Å². The van der Waals surface area contributed by atoms with E-state index in [4.69, 9.17) is 4.74 Å². The maximum atomic E-state index is 12.4. The lowest BCUT2D eigenvalue weighted by Crippen LogP contribution is -2.24. The zero-order chi connectivity index (χ0) is 18.5. The highest BCUT2D eigenvalue weighted by Gasteiger charge is 2.43. The summed E-state index contributed by atoms with van der Waals surface area (Å²) in [7, 11) is 4.05. The number of rotatable bonds is 8. The van der Waals surface area contributed by atoms with Gasteiger partial charge in [-0.3, -0.25) is 4.79 Å². The minimum absolute atomic E-state index is 0.102. The van der Waals surface area contributed by atoms with Gasteiger partial charge in [-0.05, 0) is 61.8 Å². The first-order valence-electron chi connectivity index (χ1n) is 8.92. The van der Waals surface area contributed by atoms with Crippen LogP contribution in [0.1, 0.15) is 23.5 Å². The first-order valence-corrected chi connectivity index (χ1v) is 9.72. The Kier molecular flexibility index (Phi) is 6.33. The molecule has 2 aromatic carbocycles. The molecule has 1 aliphatic rings. The second kappa shape index (κ2) is 8.69. The van der Waals surface area contributed by atoms with E-state index >= 15 is 0 Å². The van der Waals surface area contributed by atoms with Crippen molar-refractivity contribution in [3.05, 3.63) is 64.1 Å². The molecule has 0 radical (unpaired) electrons. The van der Waals surface area contributed by atoms with Crippen LogP contribution >= 0.6 is 15.9 Å². The molecule has 4 nitrogen and oxygen atoms in total. The number of hydrogen-bond donors (Lipinski definition) is 1. The molecule has 26 heavy (non-hydrogen) atoms. The molecule has 1 N–H and O–H groups in total. The van der Waals surface area contributed by atoms with Gasteiger partial charge in [-0.2, -0.15) is 0 Å². The summed E-state index contributed by atoms with van der Waals surface area (Å²) >= 11 is 3.44. The standard InChI is InChI=1S/C21H25BrN2O2/c1-24(2)11-12-26-18-9-3-15(4-10-18)14-23-21(25)20-13-19(20)16-5-7-17(22)8-6-16/h3-10,19-20H,11-14H2,1-2H3,(H,23,25). The van der Waals surface area contributed by atoms with Crippen LogP contribution in [0, 0.1) is 5.92 Å². The fourth-order valence-electron chi connectivity index (χ4n) is 2.93. The molecule has 5 heteroatoms. The van der Waals surface area contributed by atoms with Crippen LogP contribution in [0.15, 0.2) is 53.0 Å². The van der Waals surface area contributed by atoms with E-state index in [-0.39, 0.29) is 11.8 Å². The van der Waals surface area contributed by atoms with E-state index < -0.39 is 0 Å². The Labute approximate surface area is 163 Å². The van der Waals surface area contributed by atoms with Gasteiger partial charge in [0.2, 0.25) is 5.91 Å². The number of likely N-dealkylation sites (N-methyl/N-ethyl adjacent to an activating group) is 1. The third-order valence-electron chi connectivity index (χ3n) is 4.62. The molecule has 0 bridgehead atoms. The van der Waals surface area contributed by atoms with Crippen molar-refractivity contribution in [1.82, 2.24) is 10.2 Å². The van der Waals surface area contributed by atoms with E-state index in [9.17, 15) is 4.79 Å². The molecular formula is C21H25BrN2O2. The first kappa shape index (κ1) is 18.9. The number of nitrogens with zero attached hydrogens (tertiary/aromatic N) is 1. The van der Waals surface area contributed by atoms with Crippen molar-refractivity contribution < 1.29 is 9.53 Å². The molecule has 1 saturated carbocycles. The van der Waals surface area contributed by atoms with Crippen molar-refractivity contribution in [3.8, 4) is 5.75 Å².